The Hall–Kier alpha value is -3.28. The number of aryl methyl sites for hydroxylation is 1. The summed E-state index contributed by atoms with van der Waals surface area (Å²) in [5, 5.41) is 7.29. The zero-order valence-corrected chi connectivity index (χ0v) is 16.0. The quantitative estimate of drug-likeness (QED) is 0.621. The van der Waals surface area contributed by atoms with Crippen LogP contribution in [0.4, 0.5) is 0 Å². The van der Waals surface area contributed by atoms with Crippen molar-refractivity contribution >= 4 is 5.91 Å². The standard InChI is InChI=1S/C23H22N2O4/c26-22(24-12-4-7-16-5-2-1-3-6-16)23(10-11-23)21-14-19(29-25-21)17-8-9-18-20(13-17)28-15-27-18/h1-3,5-6,8-9,13-14H,4,7,10-12,15H2,(H,24,26). The summed E-state index contributed by atoms with van der Waals surface area (Å²) in [5.74, 6) is 2.08. The van der Waals surface area contributed by atoms with Gasteiger partial charge in [-0.25, -0.2) is 0 Å². The normalized spacial score (nSPS) is 15.9. The number of hydrogen-bond acceptors (Lipinski definition) is 5. The van der Waals surface area contributed by atoms with Gasteiger partial charge in [0.15, 0.2) is 17.3 Å². The molecule has 6 heteroatoms. The van der Waals surface area contributed by atoms with E-state index in [0.29, 0.717) is 23.7 Å². The Labute approximate surface area is 168 Å². The third-order valence-corrected chi connectivity index (χ3v) is 5.61. The third-order valence-electron chi connectivity index (χ3n) is 5.61. The van der Waals surface area contributed by atoms with Gasteiger partial charge in [0, 0.05) is 18.2 Å². The summed E-state index contributed by atoms with van der Waals surface area (Å²) in [5.41, 5.74) is 2.29. The Bertz CT molecular complexity index is 1020. The Morgan fingerprint density at radius 1 is 1.03 bits per heavy atom. The molecule has 3 aromatic rings. The van der Waals surface area contributed by atoms with Gasteiger partial charge in [0.05, 0.1) is 11.1 Å². The van der Waals surface area contributed by atoms with Gasteiger partial charge in [0.25, 0.3) is 0 Å². The molecule has 1 fully saturated rings. The number of amides is 1. The van der Waals surface area contributed by atoms with Crippen LogP contribution < -0.4 is 14.8 Å². The molecule has 1 N–H and O–H groups in total. The van der Waals surface area contributed by atoms with Crippen molar-refractivity contribution in [2.24, 2.45) is 0 Å². The lowest BCUT2D eigenvalue weighted by Gasteiger charge is -2.12. The van der Waals surface area contributed by atoms with E-state index >= 15 is 0 Å². The van der Waals surface area contributed by atoms with Gasteiger partial charge in [-0.05, 0) is 49.4 Å². The second-order valence-electron chi connectivity index (χ2n) is 7.57. The third kappa shape index (κ3) is 3.46. The Kier molecular flexibility index (Phi) is 4.46. The molecule has 2 heterocycles. The molecule has 0 atom stereocenters. The summed E-state index contributed by atoms with van der Waals surface area (Å²) in [6.45, 7) is 0.885. The summed E-state index contributed by atoms with van der Waals surface area (Å²) >= 11 is 0. The molecular weight excluding hydrogens is 368 g/mol. The minimum Gasteiger partial charge on any atom is -0.454 e. The van der Waals surface area contributed by atoms with E-state index in [1.165, 1.54) is 5.56 Å². The maximum atomic E-state index is 12.8. The van der Waals surface area contributed by atoms with Gasteiger partial charge in [-0.3, -0.25) is 4.79 Å². The zero-order chi connectivity index (χ0) is 19.7. The molecule has 2 aromatic carbocycles. The van der Waals surface area contributed by atoms with Crippen LogP contribution >= 0.6 is 0 Å². The van der Waals surface area contributed by atoms with E-state index in [1.54, 1.807) is 0 Å². The molecule has 5 rings (SSSR count). The van der Waals surface area contributed by atoms with Gasteiger partial charge < -0.3 is 19.3 Å². The molecule has 1 aliphatic heterocycles. The second kappa shape index (κ2) is 7.28. The molecule has 0 bridgehead atoms. The fourth-order valence-electron chi connectivity index (χ4n) is 3.72. The summed E-state index contributed by atoms with van der Waals surface area (Å²) in [6, 6.07) is 17.8. The largest absolute Gasteiger partial charge is 0.454 e. The maximum absolute atomic E-state index is 12.8. The summed E-state index contributed by atoms with van der Waals surface area (Å²) in [6.07, 6.45) is 3.45. The molecule has 1 aliphatic carbocycles. The van der Waals surface area contributed by atoms with Crippen LogP contribution in [0.25, 0.3) is 11.3 Å². The van der Waals surface area contributed by atoms with Gasteiger partial charge in [0.1, 0.15) is 0 Å². The van der Waals surface area contributed by atoms with Crippen LogP contribution in [0.1, 0.15) is 30.5 Å². The van der Waals surface area contributed by atoms with Crippen molar-refractivity contribution in [3.05, 3.63) is 65.9 Å². The molecule has 29 heavy (non-hydrogen) atoms. The molecule has 6 nitrogen and oxygen atoms in total. The van der Waals surface area contributed by atoms with Gasteiger partial charge in [-0.15, -0.1) is 0 Å². The molecule has 0 radical (unpaired) electrons. The lowest BCUT2D eigenvalue weighted by atomic mass is 10.00. The van der Waals surface area contributed by atoms with Crippen LogP contribution in [-0.4, -0.2) is 24.4 Å². The van der Waals surface area contributed by atoms with Crippen molar-refractivity contribution in [1.29, 1.82) is 0 Å². The minimum absolute atomic E-state index is 0.0381. The molecular formula is C23H22N2O4. The van der Waals surface area contributed by atoms with E-state index in [1.807, 2.05) is 42.5 Å². The lowest BCUT2D eigenvalue weighted by Crippen LogP contribution is -2.35. The first-order chi connectivity index (χ1) is 14.2. The zero-order valence-electron chi connectivity index (χ0n) is 16.0. The average Bonchev–Trinajstić information content (AvgIpc) is 3.19. The monoisotopic (exact) mass is 390 g/mol. The van der Waals surface area contributed by atoms with Crippen molar-refractivity contribution in [1.82, 2.24) is 10.5 Å². The number of hydrogen-bond donors (Lipinski definition) is 1. The number of ether oxygens (including phenoxy) is 2. The van der Waals surface area contributed by atoms with E-state index in [4.69, 9.17) is 14.0 Å². The number of aromatic nitrogens is 1. The van der Waals surface area contributed by atoms with E-state index in [-0.39, 0.29) is 12.7 Å². The van der Waals surface area contributed by atoms with Crippen LogP contribution in [0.15, 0.2) is 59.1 Å². The molecule has 2 aliphatic rings. The van der Waals surface area contributed by atoms with Crippen LogP contribution in [0.3, 0.4) is 0 Å². The number of benzene rings is 2. The highest BCUT2D eigenvalue weighted by Gasteiger charge is 2.53. The van der Waals surface area contributed by atoms with E-state index < -0.39 is 5.41 Å². The minimum atomic E-state index is -0.551. The first kappa shape index (κ1) is 17.8. The highest BCUT2D eigenvalue weighted by Crippen LogP contribution is 2.49. The van der Waals surface area contributed by atoms with Gasteiger partial charge >= 0.3 is 0 Å². The molecule has 0 unspecified atom stereocenters. The number of nitrogens with one attached hydrogen (secondary N) is 1. The highest BCUT2D eigenvalue weighted by molar-refractivity contribution is 5.91. The summed E-state index contributed by atoms with van der Waals surface area (Å²) < 4.78 is 16.3. The lowest BCUT2D eigenvalue weighted by molar-refractivity contribution is -0.123. The molecule has 148 valence electrons. The first-order valence-corrected chi connectivity index (χ1v) is 9.94. The number of carbonyl (C=O) groups excluding carboxylic acids is 1. The van der Waals surface area contributed by atoms with E-state index in [9.17, 15) is 4.79 Å². The van der Waals surface area contributed by atoms with Crippen molar-refractivity contribution in [3.8, 4) is 22.8 Å². The Morgan fingerprint density at radius 2 is 1.86 bits per heavy atom. The SMILES string of the molecule is O=C(NCCCc1ccccc1)C1(c2cc(-c3ccc4c(c3)OCO4)on2)CC1. The van der Waals surface area contributed by atoms with Crippen LogP contribution in [0, 0.1) is 0 Å². The summed E-state index contributed by atoms with van der Waals surface area (Å²) in [4.78, 5) is 12.8. The van der Waals surface area contributed by atoms with Crippen molar-refractivity contribution in [2.45, 2.75) is 31.1 Å². The van der Waals surface area contributed by atoms with Crippen molar-refractivity contribution in [3.63, 3.8) is 0 Å². The fraction of sp³-hybridized carbons (Fsp3) is 0.304. The van der Waals surface area contributed by atoms with Gasteiger partial charge in [0.2, 0.25) is 12.7 Å². The Balaban J connectivity index is 1.22. The molecule has 0 spiro atoms. The number of nitrogens with zero attached hydrogens (tertiary/aromatic N) is 1. The number of rotatable bonds is 7. The van der Waals surface area contributed by atoms with Crippen molar-refractivity contribution in [2.75, 3.05) is 13.3 Å². The Morgan fingerprint density at radius 3 is 2.69 bits per heavy atom. The molecule has 1 saturated carbocycles. The van der Waals surface area contributed by atoms with Crippen LogP contribution in [-0.2, 0) is 16.6 Å². The smallest absolute Gasteiger partial charge is 0.232 e. The molecule has 1 amide bonds. The predicted octanol–water partition coefficient (Wildman–Crippen LogP) is 3.85. The second-order valence-corrected chi connectivity index (χ2v) is 7.57. The predicted molar refractivity (Wildman–Crippen MR) is 107 cm³/mol. The molecule has 0 saturated heterocycles. The van der Waals surface area contributed by atoms with E-state index in [2.05, 4.69) is 22.6 Å². The highest BCUT2D eigenvalue weighted by atomic mass is 16.7. The van der Waals surface area contributed by atoms with Crippen LogP contribution in [0.5, 0.6) is 11.5 Å². The van der Waals surface area contributed by atoms with E-state index in [0.717, 1.165) is 37.0 Å². The average molecular weight is 390 g/mol. The van der Waals surface area contributed by atoms with Crippen molar-refractivity contribution < 1.29 is 18.8 Å². The number of fused-ring (bicyclic) bond motifs is 1. The molecule has 1 aromatic heterocycles. The fourth-order valence-corrected chi connectivity index (χ4v) is 3.72. The van der Waals surface area contributed by atoms with Crippen LogP contribution in [0.2, 0.25) is 0 Å². The first-order valence-electron chi connectivity index (χ1n) is 9.94. The number of carbonyl (C=O) groups is 1. The maximum Gasteiger partial charge on any atom is 0.232 e. The van der Waals surface area contributed by atoms with Gasteiger partial charge in [-0.2, -0.15) is 0 Å². The summed E-state index contributed by atoms with van der Waals surface area (Å²) in [7, 11) is 0. The topological polar surface area (TPSA) is 73.6 Å². The van der Waals surface area contributed by atoms with Gasteiger partial charge in [-0.1, -0.05) is 35.5 Å².